The highest BCUT2D eigenvalue weighted by Crippen LogP contribution is 2.30. The topological polar surface area (TPSA) is 79.0 Å². The number of benzene rings is 3. The molecule has 0 bridgehead atoms. The van der Waals surface area contributed by atoms with E-state index in [0.29, 0.717) is 18.9 Å². The highest BCUT2D eigenvalue weighted by molar-refractivity contribution is 7.92. The van der Waals surface area contributed by atoms with E-state index in [0.717, 1.165) is 23.1 Å². The summed E-state index contributed by atoms with van der Waals surface area (Å²) in [5, 5.41) is 3.02. The average molecular weight is 486 g/mol. The van der Waals surface area contributed by atoms with E-state index in [1.807, 2.05) is 12.1 Å². The summed E-state index contributed by atoms with van der Waals surface area (Å²) in [5.74, 6) is -0.478. The van der Waals surface area contributed by atoms with Crippen molar-refractivity contribution in [3.63, 3.8) is 0 Å². The van der Waals surface area contributed by atoms with Crippen LogP contribution in [0.5, 0.6) is 0 Å². The summed E-state index contributed by atoms with van der Waals surface area (Å²) in [6, 6.07) is 22.0. The van der Waals surface area contributed by atoms with Gasteiger partial charge in [0.1, 0.15) is 6.54 Å². The number of hydrogen-bond donors (Lipinski definition) is 1. The Morgan fingerprint density at radius 3 is 2.24 bits per heavy atom. The third kappa shape index (κ3) is 5.47. The first-order chi connectivity index (χ1) is 15.9. The number of carbonyl (C=O) groups is 1. The molecule has 1 heterocycles. The molecule has 0 radical (unpaired) electrons. The van der Waals surface area contributed by atoms with Crippen molar-refractivity contribution in [1.29, 1.82) is 0 Å². The van der Waals surface area contributed by atoms with Crippen LogP contribution in [0.15, 0.2) is 83.8 Å². The van der Waals surface area contributed by atoms with Crippen molar-refractivity contribution in [2.24, 2.45) is 0 Å². The van der Waals surface area contributed by atoms with Crippen LogP contribution in [0.25, 0.3) is 0 Å². The average Bonchev–Trinajstić information content (AvgIpc) is 2.84. The van der Waals surface area contributed by atoms with E-state index in [1.165, 1.54) is 12.1 Å². The maximum absolute atomic E-state index is 13.4. The third-order valence-corrected chi connectivity index (χ3v) is 7.36. The van der Waals surface area contributed by atoms with Gasteiger partial charge in [-0.05, 0) is 48.5 Å². The summed E-state index contributed by atoms with van der Waals surface area (Å²) in [4.78, 5) is 15.2. The van der Waals surface area contributed by atoms with Gasteiger partial charge in [0.25, 0.3) is 10.0 Å². The molecule has 3 aromatic carbocycles. The molecule has 0 unspecified atom stereocenters. The van der Waals surface area contributed by atoms with E-state index >= 15 is 0 Å². The van der Waals surface area contributed by atoms with Crippen LogP contribution in [-0.4, -0.2) is 47.2 Å². The van der Waals surface area contributed by atoms with Crippen molar-refractivity contribution < 1.29 is 17.9 Å². The number of morpholine rings is 1. The molecule has 0 atom stereocenters. The second-order valence-corrected chi connectivity index (χ2v) is 9.74. The van der Waals surface area contributed by atoms with E-state index in [2.05, 4.69) is 10.2 Å². The number of carbonyl (C=O) groups excluding carboxylic acids is 1. The molecule has 1 amide bonds. The van der Waals surface area contributed by atoms with Crippen molar-refractivity contribution in [3.05, 3.63) is 83.9 Å². The van der Waals surface area contributed by atoms with Gasteiger partial charge in [0, 0.05) is 24.5 Å². The SMILES string of the molecule is O=C(CN(c1ccccc1Cl)S(=O)(=O)c1ccccc1)Nc1ccc(N2CCOCC2)cc1. The minimum absolute atomic E-state index is 0.0765. The molecule has 33 heavy (non-hydrogen) atoms. The summed E-state index contributed by atoms with van der Waals surface area (Å²) < 4.78 is 33.1. The molecule has 0 aliphatic carbocycles. The van der Waals surface area contributed by atoms with Crippen LogP contribution in [0.2, 0.25) is 5.02 Å². The normalized spacial score (nSPS) is 14.0. The molecular formula is C24H24ClN3O4S. The Kier molecular flexibility index (Phi) is 7.17. The zero-order chi connectivity index (χ0) is 23.3. The molecule has 0 aromatic heterocycles. The van der Waals surface area contributed by atoms with Gasteiger partial charge >= 0.3 is 0 Å². The number of rotatable bonds is 7. The molecule has 0 saturated carbocycles. The van der Waals surface area contributed by atoms with E-state index in [9.17, 15) is 13.2 Å². The fraction of sp³-hybridized carbons (Fsp3) is 0.208. The van der Waals surface area contributed by atoms with Gasteiger partial charge in [0.15, 0.2) is 0 Å². The first-order valence-electron chi connectivity index (χ1n) is 10.5. The molecule has 1 aliphatic heterocycles. The summed E-state index contributed by atoms with van der Waals surface area (Å²) in [6.07, 6.45) is 0. The minimum Gasteiger partial charge on any atom is -0.378 e. The van der Waals surface area contributed by atoms with Gasteiger partial charge in [-0.1, -0.05) is 41.9 Å². The maximum Gasteiger partial charge on any atom is 0.264 e. The number of nitrogens with zero attached hydrogens (tertiary/aromatic N) is 2. The molecule has 1 saturated heterocycles. The first-order valence-corrected chi connectivity index (χ1v) is 12.3. The lowest BCUT2D eigenvalue weighted by Gasteiger charge is -2.29. The van der Waals surface area contributed by atoms with Gasteiger partial charge in [-0.2, -0.15) is 0 Å². The number of nitrogens with one attached hydrogen (secondary N) is 1. The molecule has 7 nitrogen and oxygen atoms in total. The van der Waals surface area contributed by atoms with Crippen molar-refractivity contribution in [3.8, 4) is 0 Å². The molecule has 172 valence electrons. The van der Waals surface area contributed by atoms with Crippen LogP contribution < -0.4 is 14.5 Å². The molecule has 1 fully saturated rings. The van der Waals surface area contributed by atoms with Crippen molar-refractivity contribution in [2.75, 3.05) is 47.4 Å². The van der Waals surface area contributed by atoms with Crippen LogP contribution in [-0.2, 0) is 19.6 Å². The molecule has 4 rings (SSSR count). The van der Waals surface area contributed by atoms with Crippen LogP contribution in [0.1, 0.15) is 0 Å². The van der Waals surface area contributed by atoms with E-state index < -0.39 is 22.5 Å². The summed E-state index contributed by atoms with van der Waals surface area (Å²) >= 11 is 6.30. The zero-order valence-corrected chi connectivity index (χ0v) is 19.4. The molecule has 1 aliphatic rings. The van der Waals surface area contributed by atoms with Gasteiger partial charge in [-0.3, -0.25) is 9.10 Å². The predicted molar refractivity (Wildman–Crippen MR) is 131 cm³/mol. The number of hydrogen-bond acceptors (Lipinski definition) is 5. The van der Waals surface area contributed by atoms with E-state index in [-0.39, 0.29) is 15.6 Å². The van der Waals surface area contributed by atoms with E-state index in [1.54, 1.807) is 54.6 Å². The van der Waals surface area contributed by atoms with Gasteiger partial charge < -0.3 is 15.0 Å². The van der Waals surface area contributed by atoms with Gasteiger partial charge in [0.05, 0.1) is 28.8 Å². The Morgan fingerprint density at radius 2 is 1.58 bits per heavy atom. The molecule has 3 aromatic rings. The Labute approximate surface area is 198 Å². The standard InChI is InChI=1S/C24H24ClN3O4S/c25-22-8-4-5-9-23(22)28(33(30,31)21-6-2-1-3-7-21)18-24(29)26-19-10-12-20(13-11-19)27-14-16-32-17-15-27/h1-13H,14-18H2,(H,26,29). The number of halogens is 1. The molecule has 0 spiro atoms. The van der Waals surface area contributed by atoms with Crippen LogP contribution in [0.3, 0.4) is 0 Å². The number of sulfonamides is 1. The highest BCUT2D eigenvalue weighted by Gasteiger charge is 2.28. The lowest BCUT2D eigenvalue weighted by molar-refractivity contribution is -0.114. The molecular weight excluding hydrogens is 462 g/mol. The zero-order valence-electron chi connectivity index (χ0n) is 17.9. The van der Waals surface area contributed by atoms with Crippen molar-refractivity contribution in [1.82, 2.24) is 0 Å². The quantitative estimate of drug-likeness (QED) is 0.547. The fourth-order valence-electron chi connectivity index (χ4n) is 3.58. The Morgan fingerprint density at radius 1 is 0.939 bits per heavy atom. The Bertz CT molecular complexity index is 1200. The summed E-state index contributed by atoms with van der Waals surface area (Å²) in [7, 11) is -4.02. The lowest BCUT2D eigenvalue weighted by Crippen LogP contribution is -2.38. The highest BCUT2D eigenvalue weighted by atomic mass is 35.5. The van der Waals surface area contributed by atoms with Gasteiger partial charge in [-0.25, -0.2) is 8.42 Å². The Balaban J connectivity index is 1.54. The minimum atomic E-state index is -4.02. The number of ether oxygens (including phenoxy) is 1. The van der Waals surface area contributed by atoms with Gasteiger partial charge in [-0.15, -0.1) is 0 Å². The smallest absolute Gasteiger partial charge is 0.264 e. The Hall–Kier alpha value is -3.07. The number of amides is 1. The van der Waals surface area contributed by atoms with Gasteiger partial charge in [0.2, 0.25) is 5.91 Å². The van der Waals surface area contributed by atoms with Crippen LogP contribution in [0, 0.1) is 0 Å². The maximum atomic E-state index is 13.4. The second kappa shape index (κ2) is 10.2. The molecule has 1 N–H and O–H groups in total. The molecule has 9 heteroatoms. The number of para-hydroxylation sites is 1. The summed E-state index contributed by atoms with van der Waals surface area (Å²) in [6.45, 7) is 2.58. The third-order valence-electron chi connectivity index (χ3n) is 5.27. The number of anilines is 3. The van der Waals surface area contributed by atoms with Crippen molar-refractivity contribution >= 4 is 44.6 Å². The predicted octanol–water partition coefficient (Wildman–Crippen LogP) is 4.01. The van der Waals surface area contributed by atoms with Crippen molar-refractivity contribution in [2.45, 2.75) is 4.90 Å². The van der Waals surface area contributed by atoms with Crippen LogP contribution >= 0.6 is 11.6 Å². The van der Waals surface area contributed by atoms with Crippen LogP contribution in [0.4, 0.5) is 17.1 Å². The second-order valence-electron chi connectivity index (χ2n) is 7.47. The first kappa shape index (κ1) is 23.1. The summed E-state index contributed by atoms with van der Waals surface area (Å²) in [5.41, 5.74) is 1.86. The van der Waals surface area contributed by atoms with E-state index in [4.69, 9.17) is 16.3 Å². The monoisotopic (exact) mass is 485 g/mol. The fourth-order valence-corrected chi connectivity index (χ4v) is 5.33. The largest absolute Gasteiger partial charge is 0.378 e. The lowest BCUT2D eigenvalue weighted by atomic mass is 10.2.